The molecule has 3 amide bonds. The number of anilines is 2. The van der Waals surface area contributed by atoms with Gasteiger partial charge in [0, 0.05) is 30.0 Å². The standard InChI is InChI=1S/C24H32N4O3/c1-5-18-10-8-9-11-21(18)26-23(30)17-27(4)16-22(29)25-20-14-12-19(13-15-20)24(31)28(6-2)7-3/h8-15H,5-7,16-17H2,1-4H3,(H,25,29)(H,26,30). The molecule has 166 valence electrons. The normalized spacial score (nSPS) is 10.6. The number of aryl methyl sites for hydroxylation is 1. The van der Waals surface area contributed by atoms with E-state index < -0.39 is 0 Å². The van der Waals surface area contributed by atoms with E-state index >= 15 is 0 Å². The van der Waals surface area contributed by atoms with E-state index in [1.54, 1.807) is 41.1 Å². The summed E-state index contributed by atoms with van der Waals surface area (Å²) in [5.41, 5.74) is 3.06. The highest BCUT2D eigenvalue weighted by Gasteiger charge is 2.14. The lowest BCUT2D eigenvalue weighted by Gasteiger charge is -2.19. The molecule has 0 aliphatic rings. The molecule has 7 heteroatoms. The van der Waals surface area contributed by atoms with E-state index in [0.29, 0.717) is 24.3 Å². The van der Waals surface area contributed by atoms with Crippen molar-refractivity contribution in [2.45, 2.75) is 27.2 Å². The van der Waals surface area contributed by atoms with Crippen LogP contribution in [0.3, 0.4) is 0 Å². The van der Waals surface area contributed by atoms with Crippen molar-refractivity contribution in [2.75, 3.05) is 43.9 Å². The maximum absolute atomic E-state index is 12.4. The third-order valence-electron chi connectivity index (χ3n) is 4.97. The Kier molecular flexibility index (Phi) is 9.21. The third-order valence-corrected chi connectivity index (χ3v) is 4.97. The first-order valence-electron chi connectivity index (χ1n) is 10.6. The van der Waals surface area contributed by atoms with Crippen LogP contribution < -0.4 is 10.6 Å². The molecule has 2 rings (SSSR count). The Balaban J connectivity index is 1.85. The monoisotopic (exact) mass is 424 g/mol. The number of rotatable bonds is 10. The van der Waals surface area contributed by atoms with Crippen LogP contribution >= 0.6 is 0 Å². The number of amides is 3. The Hall–Kier alpha value is -3.19. The van der Waals surface area contributed by atoms with Gasteiger partial charge in [0.15, 0.2) is 0 Å². The van der Waals surface area contributed by atoms with Crippen LogP contribution in [0.2, 0.25) is 0 Å². The van der Waals surface area contributed by atoms with E-state index in [1.807, 2.05) is 45.0 Å². The highest BCUT2D eigenvalue weighted by Crippen LogP contribution is 2.15. The molecule has 0 saturated carbocycles. The van der Waals surface area contributed by atoms with E-state index in [4.69, 9.17) is 0 Å². The molecule has 7 nitrogen and oxygen atoms in total. The first-order chi connectivity index (χ1) is 14.9. The van der Waals surface area contributed by atoms with Gasteiger partial charge >= 0.3 is 0 Å². The number of carbonyl (C=O) groups is 3. The van der Waals surface area contributed by atoms with Gasteiger partial charge in [-0.15, -0.1) is 0 Å². The summed E-state index contributed by atoms with van der Waals surface area (Å²) >= 11 is 0. The van der Waals surface area contributed by atoms with Crippen molar-refractivity contribution in [3.8, 4) is 0 Å². The summed E-state index contributed by atoms with van der Waals surface area (Å²) in [6.07, 6.45) is 0.827. The molecule has 0 unspecified atom stereocenters. The summed E-state index contributed by atoms with van der Waals surface area (Å²) in [4.78, 5) is 40.4. The lowest BCUT2D eigenvalue weighted by atomic mass is 10.1. The number of para-hydroxylation sites is 1. The number of carbonyl (C=O) groups excluding carboxylic acids is 3. The number of hydrogen-bond acceptors (Lipinski definition) is 4. The maximum atomic E-state index is 12.4. The predicted octanol–water partition coefficient (Wildman–Crippen LogP) is 3.24. The second-order valence-corrected chi connectivity index (χ2v) is 7.33. The van der Waals surface area contributed by atoms with Crippen molar-refractivity contribution in [3.63, 3.8) is 0 Å². The molecule has 2 N–H and O–H groups in total. The van der Waals surface area contributed by atoms with Crippen LogP contribution in [0.15, 0.2) is 48.5 Å². The van der Waals surface area contributed by atoms with Gasteiger partial charge in [-0.05, 0) is 63.2 Å². The Morgan fingerprint density at radius 2 is 1.39 bits per heavy atom. The van der Waals surface area contributed by atoms with Crippen molar-refractivity contribution < 1.29 is 14.4 Å². The number of benzene rings is 2. The summed E-state index contributed by atoms with van der Waals surface area (Å²) < 4.78 is 0. The fourth-order valence-electron chi connectivity index (χ4n) is 3.28. The van der Waals surface area contributed by atoms with Gasteiger partial charge in [0.25, 0.3) is 5.91 Å². The van der Waals surface area contributed by atoms with Crippen LogP contribution in [-0.4, -0.2) is 60.7 Å². The van der Waals surface area contributed by atoms with E-state index in [0.717, 1.165) is 17.7 Å². The van der Waals surface area contributed by atoms with Crippen LogP contribution in [0, 0.1) is 0 Å². The van der Waals surface area contributed by atoms with E-state index in [9.17, 15) is 14.4 Å². The number of likely N-dealkylation sites (N-methyl/N-ethyl adjacent to an activating group) is 1. The molecular weight excluding hydrogens is 392 g/mol. The summed E-state index contributed by atoms with van der Waals surface area (Å²) in [6, 6.07) is 14.5. The van der Waals surface area contributed by atoms with Crippen LogP contribution in [0.25, 0.3) is 0 Å². The Morgan fingerprint density at radius 1 is 0.806 bits per heavy atom. The minimum absolute atomic E-state index is 0.0294. The second-order valence-electron chi connectivity index (χ2n) is 7.33. The molecule has 2 aromatic carbocycles. The van der Waals surface area contributed by atoms with Crippen LogP contribution in [0.5, 0.6) is 0 Å². The third kappa shape index (κ3) is 7.22. The fraction of sp³-hybridized carbons (Fsp3) is 0.375. The second kappa shape index (κ2) is 11.9. The zero-order valence-electron chi connectivity index (χ0n) is 18.8. The Morgan fingerprint density at radius 3 is 1.97 bits per heavy atom. The average molecular weight is 425 g/mol. The topological polar surface area (TPSA) is 81.8 Å². The highest BCUT2D eigenvalue weighted by atomic mass is 16.2. The average Bonchev–Trinajstić information content (AvgIpc) is 2.75. The zero-order chi connectivity index (χ0) is 22.8. The molecule has 0 bridgehead atoms. The van der Waals surface area contributed by atoms with Crippen LogP contribution in [0.1, 0.15) is 36.7 Å². The van der Waals surface area contributed by atoms with Gasteiger partial charge in [-0.1, -0.05) is 25.1 Å². The molecule has 0 aliphatic carbocycles. The molecule has 0 aliphatic heterocycles. The lowest BCUT2D eigenvalue weighted by Crippen LogP contribution is -2.36. The Labute approximate surface area is 184 Å². The Bertz CT molecular complexity index is 892. The van der Waals surface area contributed by atoms with E-state index in [2.05, 4.69) is 10.6 Å². The van der Waals surface area contributed by atoms with Crippen LogP contribution in [0.4, 0.5) is 11.4 Å². The molecule has 0 atom stereocenters. The van der Waals surface area contributed by atoms with Crippen molar-refractivity contribution >= 4 is 29.1 Å². The van der Waals surface area contributed by atoms with Gasteiger partial charge in [0.05, 0.1) is 13.1 Å². The molecule has 31 heavy (non-hydrogen) atoms. The molecular formula is C24H32N4O3. The lowest BCUT2D eigenvalue weighted by molar-refractivity contribution is -0.119. The fourth-order valence-corrected chi connectivity index (χ4v) is 3.28. The van der Waals surface area contributed by atoms with Crippen molar-refractivity contribution in [2.24, 2.45) is 0 Å². The van der Waals surface area contributed by atoms with Gasteiger partial charge in [0.1, 0.15) is 0 Å². The van der Waals surface area contributed by atoms with Crippen molar-refractivity contribution in [1.29, 1.82) is 0 Å². The predicted molar refractivity (Wildman–Crippen MR) is 124 cm³/mol. The zero-order valence-corrected chi connectivity index (χ0v) is 18.8. The number of nitrogens with one attached hydrogen (secondary N) is 2. The summed E-state index contributed by atoms with van der Waals surface area (Å²) in [5.74, 6) is -0.430. The molecule has 0 radical (unpaired) electrons. The first kappa shape index (κ1) is 24.1. The molecule has 0 aromatic heterocycles. The summed E-state index contributed by atoms with van der Waals surface area (Å²) in [5, 5.41) is 5.70. The molecule has 0 heterocycles. The minimum atomic E-state index is -0.230. The van der Waals surface area contributed by atoms with Gasteiger partial charge in [-0.25, -0.2) is 0 Å². The van der Waals surface area contributed by atoms with E-state index in [1.165, 1.54) is 0 Å². The first-order valence-corrected chi connectivity index (χ1v) is 10.6. The van der Waals surface area contributed by atoms with Crippen molar-refractivity contribution in [3.05, 3.63) is 59.7 Å². The molecule has 0 spiro atoms. The van der Waals surface area contributed by atoms with E-state index in [-0.39, 0.29) is 30.8 Å². The van der Waals surface area contributed by atoms with Gasteiger partial charge in [0.2, 0.25) is 11.8 Å². The smallest absolute Gasteiger partial charge is 0.253 e. The molecule has 2 aromatic rings. The SMILES string of the molecule is CCc1ccccc1NC(=O)CN(C)CC(=O)Nc1ccc(C(=O)N(CC)CC)cc1. The van der Waals surface area contributed by atoms with Gasteiger partial charge < -0.3 is 15.5 Å². The molecule has 0 saturated heterocycles. The largest absolute Gasteiger partial charge is 0.339 e. The number of nitrogens with zero attached hydrogens (tertiary/aromatic N) is 2. The van der Waals surface area contributed by atoms with Crippen molar-refractivity contribution in [1.82, 2.24) is 9.80 Å². The minimum Gasteiger partial charge on any atom is -0.339 e. The van der Waals surface area contributed by atoms with Crippen LogP contribution in [-0.2, 0) is 16.0 Å². The number of hydrogen-bond donors (Lipinski definition) is 2. The summed E-state index contributed by atoms with van der Waals surface area (Å²) in [6.45, 7) is 7.39. The quantitative estimate of drug-likeness (QED) is 0.614. The molecule has 0 fully saturated rings. The highest BCUT2D eigenvalue weighted by molar-refractivity contribution is 5.97. The van der Waals surface area contributed by atoms with Gasteiger partial charge in [-0.2, -0.15) is 0 Å². The summed E-state index contributed by atoms with van der Waals surface area (Å²) in [7, 11) is 1.72. The maximum Gasteiger partial charge on any atom is 0.253 e. The van der Waals surface area contributed by atoms with Gasteiger partial charge in [-0.3, -0.25) is 19.3 Å².